The van der Waals surface area contributed by atoms with Crippen LogP contribution in [-0.2, 0) is 37.7 Å². The van der Waals surface area contributed by atoms with E-state index in [0.717, 1.165) is 22.5 Å². The van der Waals surface area contributed by atoms with Crippen LogP contribution in [0.2, 0.25) is 5.02 Å². The molecular weight excluding hydrogens is 461 g/mol. The SMILES string of the molecule is Cc1cc(Cc2ccc(F)cc2)nn1-c1c(Cl)ccc2c1CCNCC21OC(=O)CCC(=O)O1. The van der Waals surface area contributed by atoms with Crippen molar-refractivity contribution in [3.05, 3.63) is 81.4 Å². The van der Waals surface area contributed by atoms with Gasteiger partial charge in [0.05, 0.1) is 35.8 Å². The second-order valence-corrected chi connectivity index (χ2v) is 8.95. The van der Waals surface area contributed by atoms with Crippen molar-refractivity contribution in [1.82, 2.24) is 15.1 Å². The highest BCUT2D eigenvalue weighted by atomic mass is 35.5. The van der Waals surface area contributed by atoms with Gasteiger partial charge in [0, 0.05) is 17.7 Å². The molecule has 0 radical (unpaired) electrons. The van der Waals surface area contributed by atoms with Crippen molar-refractivity contribution in [2.45, 2.75) is 38.4 Å². The number of ether oxygens (including phenoxy) is 2. The van der Waals surface area contributed by atoms with E-state index in [1.54, 1.807) is 28.9 Å². The molecule has 2 aliphatic heterocycles. The first kappa shape index (κ1) is 22.6. The molecular formula is C25H23ClFN3O4. The zero-order valence-corrected chi connectivity index (χ0v) is 19.3. The van der Waals surface area contributed by atoms with Gasteiger partial charge in [-0.1, -0.05) is 23.7 Å². The Morgan fingerprint density at radius 3 is 2.50 bits per heavy atom. The maximum Gasteiger partial charge on any atom is 0.309 e. The number of carbonyl (C=O) groups excluding carboxylic acids is 2. The maximum absolute atomic E-state index is 13.3. The van der Waals surface area contributed by atoms with Crippen LogP contribution < -0.4 is 5.32 Å². The molecule has 1 aromatic heterocycles. The third-order valence-corrected chi connectivity index (χ3v) is 6.40. The lowest BCUT2D eigenvalue weighted by Gasteiger charge is -2.32. The van der Waals surface area contributed by atoms with Gasteiger partial charge in [0.1, 0.15) is 5.82 Å². The number of esters is 2. The van der Waals surface area contributed by atoms with Crippen molar-refractivity contribution >= 4 is 23.5 Å². The number of fused-ring (bicyclic) bond motifs is 2. The first-order valence-electron chi connectivity index (χ1n) is 11.1. The number of aryl methyl sites for hydroxylation is 1. The van der Waals surface area contributed by atoms with Crippen molar-refractivity contribution in [2.24, 2.45) is 0 Å². The van der Waals surface area contributed by atoms with Gasteiger partial charge in [-0.25, -0.2) is 9.07 Å². The Labute approximate surface area is 200 Å². The zero-order chi connectivity index (χ0) is 23.9. The Hall–Kier alpha value is -3.23. The predicted octanol–water partition coefficient (Wildman–Crippen LogP) is 3.74. The molecule has 7 nitrogen and oxygen atoms in total. The van der Waals surface area contributed by atoms with Gasteiger partial charge in [-0.05, 0) is 61.3 Å². The minimum Gasteiger partial charge on any atom is -0.416 e. The van der Waals surface area contributed by atoms with E-state index in [-0.39, 0.29) is 25.2 Å². The summed E-state index contributed by atoms with van der Waals surface area (Å²) in [6.07, 6.45) is 1.04. The first-order valence-corrected chi connectivity index (χ1v) is 11.5. The van der Waals surface area contributed by atoms with Crippen molar-refractivity contribution in [2.75, 3.05) is 13.1 Å². The van der Waals surface area contributed by atoms with Crippen LogP contribution in [0.1, 0.15) is 40.9 Å². The molecule has 2 aliphatic rings. The summed E-state index contributed by atoms with van der Waals surface area (Å²) in [7, 11) is 0. The standard InChI is InChI=1S/C25H23ClFN3O4/c1-15-12-18(13-16-2-4-17(27)5-3-16)29-30(15)24-19-10-11-28-14-25(20(19)6-7-21(24)26)33-22(31)8-9-23(32)34-25/h2-7,12,28H,8-11,13-14H2,1H3. The molecule has 0 atom stereocenters. The van der Waals surface area contributed by atoms with Crippen molar-refractivity contribution in [3.8, 4) is 5.69 Å². The smallest absolute Gasteiger partial charge is 0.309 e. The molecule has 0 aliphatic carbocycles. The normalized spacial score (nSPS) is 17.5. The molecule has 1 saturated heterocycles. The summed E-state index contributed by atoms with van der Waals surface area (Å²) >= 11 is 6.69. The fourth-order valence-corrected chi connectivity index (χ4v) is 4.80. The Morgan fingerprint density at radius 2 is 1.79 bits per heavy atom. The second kappa shape index (κ2) is 8.85. The third kappa shape index (κ3) is 4.19. The summed E-state index contributed by atoms with van der Waals surface area (Å²) in [5.74, 6) is -2.83. The Kier molecular flexibility index (Phi) is 5.87. The van der Waals surface area contributed by atoms with Crippen LogP contribution in [0.3, 0.4) is 0 Å². The van der Waals surface area contributed by atoms with E-state index in [9.17, 15) is 14.0 Å². The minimum atomic E-state index is -1.56. The van der Waals surface area contributed by atoms with E-state index < -0.39 is 17.7 Å². The number of aromatic nitrogens is 2. The van der Waals surface area contributed by atoms with Gasteiger partial charge in [0.15, 0.2) is 0 Å². The van der Waals surface area contributed by atoms with Gasteiger partial charge >= 0.3 is 11.9 Å². The molecule has 0 amide bonds. The maximum atomic E-state index is 13.3. The third-order valence-electron chi connectivity index (χ3n) is 6.09. The molecule has 1 fully saturated rings. The van der Waals surface area contributed by atoms with Crippen LogP contribution in [0.4, 0.5) is 4.39 Å². The minimum absolute atomic E-state index is 0.0264. The molecule has 0 bridgehead atoms. The molecule has 3 aromatic rings. The summed E-state index contributed by atoms with van der Waals surface area (Å²) in [6, 6.07) is 11.7. The summed E-state index contributed by atoms with van der Waals surface area (Å²) in [4.78, 5) is 24.7. The van der Waals surface area contributed by atoms with Gasteiger partial charge in [-0.2, -0.15) is 5.10 Å². The molecule has 1 N–H and O–H groups in total. The van der Waals surface area contributed by atoms with Crippen molar-refractivity contribution in [3.63, 3.8) is 0 Å². The molecule has 2 aromatic carbocycles. The zero-order valence-electron chi connectivity index (χ0n) is 18.6. The number of hydrogen-bond donors (Lipinski definition) is 1. The highest BCUT2D eigenvalue weighted by Gasteiger charge is 2.46. The number of nitrogens with one attached hydrogen (secondary N) is 1. The topological polar surface area (TPSA) is 82.5 Å². The van der Waals surface area contributed by atoms with Crippen LogP contribution in [-0.4, -0.2) is 34.8 Å². The fraction of sp³-hybridized carbons (Fsp3) is 0.320. The lowest BCUT2D eigenvalue weighted by atomic mass is 9.96. The summed E-state index contributed by atoms with van der Waals surface area (Å²) < 4.78 is 26.5. The lowest BCUT2D eigenvalue weighted by molar-refractivity contribution is -0.225. The molecule has 0 unspecified atom stereocenters. The van der Waals surface area contributed by atoms with E-state index in [1.807, 2.05) is 13.0 Å². The van der Waals surface area contributed by atoms with Gasteiger partial charge in [0.25, 0.3) is 5.79 Å². The highest BCUT2D eigenvalue weighted by Crippen LogP contribution is 2.39. The van der Waals surface area contributed by atoms with Crippen molar-refractivity contribution in [1.29, 1.82) is 0 Å². The number of halogens is 2. The van der Waals surface area contributed by atoms with Crippen LogP contribution in [0, 0.1) is 12.7 Å². The van der Waals surface area contributed by atoms with Crippen LogP contribution >= 0.6 is 11.6 Å². The van der Waals surface area contributed by atoms with Gasteiger partial charge in [-0.3, -0.25) is 9.59 Å². The molecule has 9 heteroatoms. The number of benzene rings is 2. The van der Waals surface area contributed by atoms with E-state index in [2.05, 4.69) is 5.32 Å². The summed E-state index contributed by atoms with van der Waals surface area (Å²) in [6.45, 7) is 2.64. The van der Waals surface area contributed by atoms with Gasteiger partial charge in [0.2, 0.25) is 0 Å². The monoisotopic (exact) mass is 483 g/mol. The van der Waals surface area contributed by atoms with E-state index in [4.69, 9.17) is 26.2 Å². The average Bonchev–Trinajstić information content (AvgIpc) is 2.96. The number of hydrogen-bond acceptors (Lipinski definition) is 6. The Bertz CT molecular complexity index is 1250. The number of rotatable bonds is 3. The fourth-order valence-electron chi connectivity index (χ4n) is 4.55. The molecule has 1 spiro atoms. The number of nitrogens with zero attached hydrogens (tertiary/aromatic N) is 2. The van der Waals surface area contributed by atoms with Crippen LogP contribution in [0.5, 0.6) is 0 Å². The van der Waals surface area contributed by atoms with Crippen molar-refractivity contribution < 1.29 is 23.5 Å². The Balaban J connectivity index is 1.60. The average molecular weight is 484 g/mol. The second-order valence-electron chi connectivity index (χ2n) is 8.54. The summed E-state index contributed by atoms with van der Waals surface area (Å²) in [5, 5.41) is 8.48. The van der Waals surface area contributed by atoms with E-state index in [0.29, 0.717) is 35.7 Å². The first-order chi connectivity index (χ1) is 16.3. The van der Waals surface area contributed by atoms with Gasteiger partial charge in [-0.15, -0.1) is 0 Å². The van der Waals surface area contributed by atoms with E-state index in [1.165, 1.54) is 12.1 Å². The molecule has 0 saturated carbocycles. The number of carbonyl (C=O) groups is 2. The molecule has 5 rings (SSSR count). The summed E-state index contributed by atoms with van der Waals surface area (Å²) in [5.41, 5.74) is 4.61. The molecule has 3 heterocycles. The van der Waals surface area contributed by atoms with Crippen LogP contribution in [0.25, 0.3) is 5.69 Å². The van der Waals surface area contributed by atoms with E-state index >= 15 is 0 Å². The van der Waals surface area contributed by atoms with Gasteiger partial charge < -0.3 is 14.8 Å². The predicted molar refractivity (Wildman–Crippen MR) is 122 cm³/mol. The largest absolute Gasteiger partial charge is 0.416 e. The Morgan fingerprint density at radius 1 is 1.09 bits per heavy atom. The quantitative estimate of drug-likeness (QED) is 0.571. The molecule has 34 heavy (non-hydrogen) atoms. The van der Waals surface area contributed by atoms with Crippen LogP contribution in [0.15, 0.2) is 42.5 Å². The lowest BCUT2D eigenvalue weighted by Crippen LogP contribution is -2.43. The molecule has 176 valence electrons. The highest BCUT2D eigenvalue weighted by molar-refractivity contribution is 6.32.